The molecule has 1 aromatic rings. The Morgan fingerprint density at radius 1 is 1.58 bits per heavy atom. The number of rotatable bonds is 1. The van der Waals surface area contributed by atoms with Crippen LogP contribution in [0, 0.1) is 11.7 Å². The van der Waals surface area contributed by atoms with Crippen LogP contribution in [0.2, 0.25) is 0 Å². The minimum Gasteiger partial charge on any atom is -0.335 e. The highest BCUT2D eigenvalue weighted by Crippen LogP contribution is 2.34. The summed E-state index contributed by atoms with van der Waals surface area (Å²) in [5.41, 5.74) is 2.31. The van der Waals surface area contributed by atoms with E-state index in [0.717, 1.165) is 5.69 Å². The Labute approximate surface area is 77.0 Å². The van der Waals surface area contributed by atoms with E-state index in [0.29, 0.717) is 10.7 Å². The first-order valence-corrected chi connectivity index (χ1v) is 4.74. The molecule has 1 saturated carbocycles. The Bertz CT molecular complexity index is 339. The van der Waals surface area contributed by atoms with Crippen molar-refractivity contribution in [3.63, 3.8) is 0 Å². The van der Waals surface area contributed by atoms with Crippen LogP contribution in [0.5, 0.6) is 0 Å². The summed E-state index contributed by atoms with van der Waals surface area (Å²) in [6, 6.07) is 2.11. The maximum atomic E-state index is 5.01. The van der Waals surface area contributed by atoms with Crippen molar-refractivity contribution in [2.45, 2.75) is 32.1 Å². The van der Waals surface area contributed by atoms with Gasteiger partial charge in [-0.1, -0.05) is 6.42 Å². The molecule has 0 aromatic carbocycles. The van der Waals surface area contributed by atoms with Crippen molar-refractivity contribution >= 4 is 12.2 Å². The second-order valence-corrected chi connectivity index (χ2v) is 3.81. The van der Waals surface area contributed by atoms with Crippen molar-refractivity contribution in [1.29, 1.82) is 0 Å². The molecule has 0 unspecified atom stereocenters. The lowest BCUT2D eigenvalue weighted by molar-refractivity contribution is 0.410. The van der Waals surface area contributed by atoms with Gasteiger partial charge in [-0.15, -0.1) is 0 Å². The summed E-state index contributed by atoms with van der Waals surface area (Å²) in [5, 5.41) is 0. The second kappa shape index (κ2) is 2.98. The highest BCUT2D eigenvalue weighted by Gasteiger charge is 2.20. The number of H-pyrrole nitrogens is 1. The van der Waals surface area contributed by atoms with Crippen LogP contribution in [-0.4, -0.2) is 9.97 Å². The third-order valence-electron chi connectivity index (χ3n) is 2.42. The van der Waals surface area contributed by atoms with Crippen LogP contribution in [0.4, 0.5) is 0 Å². The number of hydrogen-bond acceptors (Lipinski definition) is 2. The molecule has 1 heterocycles. The van der Waals surface area contributed by atoms with E-state index in [1.165, 1.54) is 25.0 Å². The third-order valence-corrected chi connectivity index (χ3v) is 2.62. The second-order valence-electron chi connectivity index (χ2n) is 3.42. The van der Waals surface area contributed by atoms with Gasteiger partial charge in [-0.2, -0.15) is 0 Å². The summed E-state index contributed by atoms with van der Waals surface area (Å²) in [6.07, 6.45) is 3.91. The van der Waals surface area contributed by atoms with Crippen LogP contribution < -0.4 is 0 Å². The predicted octanol–water partition coefficient (Wildman–Crippen LogP) is 2.72. The Morgan fingerprint density at radius 3 is 2.83 bits per heavy atom. The highest BCUT2D eigenvalue weighted by atomic mass is 32.1. The summed E-state index contributed by atoms with van der Waals surface area (Å²) in [4.78, 5) is 7.33. The van der Waals surface area contributed by atoms with Crippen LogP contribution >= 0.6 is 12.2 Å². The van der Waals surface area contributed by atoms with Gasteiger partial charge < -0.3 is 4.98 Å². The van der Waals surface area contributed by atoms with Gasteiger partial charge in [-0.25, -0.2) is 4.98 Å². The van der Waals surface area contributed by atoms with Gasteiger partial charge in [0.2, 0.25) is 0 Å². The fraction of sp³-hybridized carbons (Fsp3) is 0.556. The fourth-order valence-corrected chi connectivity index (χ4v) is 1.78. The maximum absolute atomic E-state index is 5.01. The van der Waals surface area contributed by atoms with Gasteiger partial charge in [0.05, 0.1) is 0 Å². The zero-order valence-electron chi connectivity index (χ0n) is 7.13. The van der Waals surface area contributed by atoms with E-state index in [9.17, 15) is 0 Å². The van der Waals surface area contributed by atoms with Crippen LogP contribution in [0.25, 0.3) is 0 Å². The molecule has 0 amide bonds. The van der Waals surface area contributed by atoms with Gasteiger partial charge in [-0.05, 0) is 38.0 Å². The van der Waals surface area contributed by atoms with E-state index in [2.05, 4.69) is 16.0 Å². The Hall–Kier alpha value is -0.700. The molecule has 12 heavy (non-hydrogen) atoms. The van der Waals surface area contributed by atoms with Crippen molar-refractivity contribution in [2.75, 3.05) is 0 Å². The Morgan fingerprint density at radius 2 is 2.33 bits per heavy atom. The molecule has 3 heteroatoms. The molecule has 1 fully saturated rings. The normalized spacial score (nSPS) is 17.4. The predicted molar refractivity (Wildman–Crippen MR) is 50.8 cm³/mol. The molecule has 1 aromatic heterocycles. The first kappa shape index (κ1) is 7.92. The molecule has 0 spiro atoms. The van der Waals surface area contributed by atoms with Crippen molar-refractivity contribution in [3.05, 3.63) is 22.2 Å². The lowest BCUT2D eigenvalue weighted by Crippen LogP contribution is -2.11. The first-order chi connectivity index (χ1) is 5.75. The molecule has 1 N–H and O–H groups in total. The Kier molecular flexibility index (Phi) is 1.97. The van der Waals surface area contributed by atoms with E-state index in [1.54, 1.807) is 0 Å². The van der Waals surface area contributed by atoms with Crippen molar-refractivity contribution in [2.24, 2.45) is 0 Å². The molecule has 2 nitrogen and oxygen atoms in total. The number of aromatic amines is 1. The molecular formula is C9H12N2S. The van der Waals surface area contributed by atoms with Gasteiger partial charge in [0, 0.05) is 17.3 Å². The summed E-state index contributed by atoms with van der Waals surface area (Å²) in [7, 11) is 0. The molecule has 64 valence electrons. The molecule has 0 aliphatic heterocycles. The van der Waals surface area contributed by atoms with E-state index in [4.69, 9.17) is 12.2 Å². The average molecular weight is 180 g/mol. The summed E-state index contributed by atoms with van der Waals surface area (Å²) < 4.78 is 0.622. The van der Waals surface area contributed by atoms with Gasteiger partial charge >= 0.3 is 0 Å². The minimum absolute atomic E-state index is 0.622. The monoisotopic (exact) mass is 180 g/mol. The van der Waals surface area contributed by atoms with Crippen molar-refractivity contribution in [3.8, 4) is 0 Å². The number of hydrogen-bond donors (Lipinski definition) is 1. The molecule has 0 radical (unpaired) electrons. The van der Waals surface area contributed by atoms with Gasteiger partial charge in [-0.3, -0.25) is 0 Å². The number of nitrogens with zero attached hydrogens (tertiary/aromatic N) is 1. The van der Waals surface area contributed by atoms with Gasteiger partial charge in [0.15, 0.2) is 4.77 Å². The van der Waals surface area contributed by atoms with Gasteiger partial charge in [0.1, 0.15) is 0 Å². The van der Waals surface area contributed by atoms with E-state index in [-0.39, 0.29) is 0 Å². The molecule has 2 rings (SSSR count). The highest BCUT2D eigenvalue weighted by molar-refractivity contribution is 7.71. The number of aromatic nitrogens is 2. The summed E-state index contributed by atoms with van der Waals surface area (Å²) >= 11 is 5.01. The molecule has 0 saturated heterocycles. The molecular weight excluding hydrogens is 168 g/mol. The fourth-order valence-electron chi connectivity index (χ4n) is 1.52. The topological polar surface area (TPSA) is 28.7 Å². The molecule has 0 atom stereocenters. The van der Waals surface area contributed by atoms with Crippen molar-refractivity contribution in [1.82, 2.24) is 9.97 Å². The summed E-state index contributed by atoms with van der Waals surface area (Å²) in [5.74, 6) is 0.681. The Balaban J connectivity index is 2.36. The zero-order chi connectivity index (χ0) is 8.55. The minimum atomic E-state index is 0.622. The number of nitrogens with one attached hydrogen (secondary N) is 1. The molecule has 1 aliphatic rings. The molecule has 1 aliphatic carbocycles. The SMILES string of the molecule is Cc1cc(C2CCC2)nc(=S)[nH]1. The van der Waals surface area contributed by atoms with Crippen LogP contribution in [0.15, 0.2) is 6.07 Å². The van der Waals surface area contributed by atoms with Crippen LogP contribution in [0.1, 0.15) is 36.6 Å². The van der Waals surface area contributed by atoms with Gasteiger partial charge in [0.25, 0.3) is 0 Å². The molecule has 0 bridgehead atoms. The number of aryl methyl sites for hydroxylation is 1. The van der Waals surface area contributed by atoms with E-state index >= 15 is 0 Å². The lowest BCUT2D eigenvalue weighted by Gasteiger charge is -2.24. The zero-order valence-corrected chi connectivity index (χ0v) is 7.95. The van der Waals surface area contributed by atoms with Crippen LogP contribution in [-0.2, 0) is 0 Å². The smallest absolute Gasteiger partial charge is 0.197 e. The largest absolute Gasteiger partial charge is 0.335 e. The van der Waals surface area contributed by atoms with E-state index in [1.807, 2.05) is 6.92 Å². The average Bonchev–Trinajstić information content (AvgIpc) is 1.79. The standard InChI is InChI=1S/C9H12N2S/c1-6-5-8(7-3-2-4-7)11-9(12)10-6/h5,7H,2-4H2,1H3,(H,10,11,12). The van der Waals surface area contributed by atoms with Crippen LogP contribution in [0.3, 0.4) is 0 Å². The first-order valence-electron chi connectivity index (χ1n) is 4.33. The van der Waals surface area contributed by atoms with Crippen molar-refractivity contribution < 1.29 is 0 Å². The quantitative estimate of drug-likeness (QED) is 0.673. The summed E-state index contributed by atoms with van der Waals surface area (Å²) in [6.45, 7) is 2.03. The lowest BCUT2D eigenvalue weighted by atomic mass is 9.83. The third kappa shape index (κ3) is 1.41. The maximum Gasteiger partial charge on any atom is 0.197 e. The van der Waals surface area contributed by atoms with E-state index < -0.39 is 0 Å².